The molecular formula is C11H12N6+2. The number of hydrogen-bond acceptors (Lipinski definition) is 2. The van der Waals surface area contributed by atoms with Crippen LogP contribution in [0.5, 0.6) is 0 Å². The molecular weight excluding hydrogens is 216 g/mol. The lowest BCUT2D eigenvalue weighted by atomic mass is 10.5. The number of allylic oxidation sites excluding steroid dienone is 1. The maximum absolute atomic E-state index is 8.51. The smallest absolute Gasteiger partial charge is 0.260 e. The molecule has 0 aliphatic carbocycles. The summed E-state index contributed by atoms with van der Waals surface area (Å²) < 4.78 is 1.55. The third-order valence-corrected chi connectivity index (χ3v) is 1.74. The zero-order chi connectivity index (χ0) is 12.9. The maximum Gasteiger partial charge on any atom is 0.347 e. The van der Waals surface area contributed by atoms with Crippen LogP contribution in [-0.4, -0.2) is 37.2 Å². The summed E-state index contributed by atoms with van der Waals surface area (Å²) in [7, 11) is 0. The Morgan fingerprint density at radius 2 is 1.65 bits per heavy atom. The maximum atomic E-state index is 8.51. The second-order valence-electron chi connectivity index (χ2n) is 3.02. The topological polar surface area (TPSA) is 63.8 Å². The fraction of sp³-hybridized carbons (Fsp3) is 0.364. The summed E-state index contributed by atoms with van der Waals surface area (Å²) in [5.41, 5.74) is 0. The van der Waals surface area contributed by atoms with Crippen LogP contribution >= 0.6 is 0 Å². The van der Waals surface area contributed by atoms with Gasteiger partial charge in [-0.1, -0.05) is 0 Å². The lowest BCUT2D eigenvalue weighted by Gasteiger charge is -1.97. The summed E-state index contributed by atoms with van der Waals surface area (Å²) in [4.78, 5) is 7.14. The van der Waals surface area contributed by atoms with Crippen molar-refractivity contribution < 1.29 is 9.48 Å². The average Bonchev–Trinajstić information content (AvgIpc) is 2.30. The van der Waals surface area contributed by atoms with Gasteiger partial charge < -0.3 is 0 Å². The zero-order valence-electron chi connectivity index (χ0n) is 9.30. The summed E-state index contributed by atoms with van der Waals surface area (Å²) >= 11 is 0. The molecule has 0 unspecified atom stereocenters. The second-order valence-corrected chi connectivity index (χ2v) is 3.02. The van der Waals surface area contributed by atoms with E-state index in [1.807, 2.05) is 12.1 Å². The predicted molar refractivity (Wildman–Crippen MR) is 60.3 cm³/mol. The Morgan fingerprint density at radius 1 is 1.12 bits per heavy atom. The SMILES string of the molecule is [C-]#[N+]C[NH+](/C=C/C=[N+](CC#N)CC#N)C[N+]#[C-]. The monoisotopic (exact) mass is 228 g/mol. The Balaban J connectivity index is 4.53. The lowest BCUT2D eigenvalue weighted by Crippen LogP contribution is -3.06. The summed E-state index contributed by atoms with van der Waals surface area (Å²) in [6.07, 6.45) is 4.94. The van der Waals surface area contributed by atoms with Crippen LogP contribution in [0.2, 0.25) is 0 Å². The minimum absolute atomic E-state index is 0.138. The molecule has 6 heteroatoms. The fourth-order valence-electron chi connectivity index (χ4n) is 1.00. The van der Waals surface area contributed by atoms with Crippen molar-refractivity contribution in [3.63, 3.8) is 0 Å². The summed E-state index contributed by atoms with van der Waals surface area (Å²) in [6.45, 7) is 14.1. The third kappa shape index (κ3) is 7.28. The van der Waals surface area contributed by atoms with Crippen LogP contribution in [0.4, 0.5) is 0 Å². The van der Waals surface area contributed by atoms with Gasteiger partial charge in [-0.25, -0.2) is 17.7 Å². The predicted octanol–water partition coefficient (Wildman–Crippen LogP) is -0.731. The van der Waals surface area contributed by atoms with Crippen LogP contribution in [0.1, 0.15) is 0 Å². The number of rotatable bonds is 6. The van der Waals surface area contributed by atoms with Gasteiger partial charge in [0.05, 0.1) is 6.08 Å². The lowest BCUT2D eigenvalue weighted by molar-refractivity contribution is -0.834. The standard InChI is InChI=1S/C11H11N6/c1-14-10-17(11-15-2)7-3-6-16(8-4-12)9-5-13/h3,6-7H,8-11H2/q+1/p+1. The van der Waals surface area contributed by atoms with Crippen LogP contribution < -0.4 is 4.90 Å². The van der Waals surface area contributed by atoms with Gasteiger partial charge in [-0.3, -0.25) is 9.69 Å². The molecule has 0 bridgehead atoms. The van der Waals surface area contributed by atoms with Gasteiger partial charge in [0.15, 0.2) is 6.21 Å². The van der Waals surface area contributed by atoms with Crippen molar-refractivity contribution >= 4 is 6.21 Å². The molecule has 0 amide bonds. The average molecular weight is 228 g/mol. The first-order valence-corrected chi connectivity index (χ1v) is 4.79. The normalized spacial score (nSPS) is 9.00. The molecule has 0 radical (unpaired) electrons. The number of nitriles is 2. The first-order chi connectivity index (χ1) is 8.28. The van der Waals surface area contributed by atoms with Gasteiger partial charge in [0, 0.05) is 0 Å². The molecule has 0 rings (SSSR count). The van der Waals surface area contributed by atoms with Gasteiger partial charge >= 0.3 is 13.3 Å². The van der Waals surface area contributed by atoms with Crippen LogP contribution in [0.15, 0.2) is 12.3 Å². The molecule has 0 aromatic rings. The van der Waals surface area contributed by atoms with Crippen molar-refractivity contribution in [3.05, 3.63) is 35.1 Å². The van der Waals surface area contributed by atoms with E-state index in [0.29, 0.717) is 0 Å². The van der Waals surface area contributed by atoms with Gasteiger partial charge in [-0.05, 0) is 0 Å². The van der Waals surface area contributed by atoms with E-state index in [0.717, 1.165) is 4.90 Å². The van der Waals surface area contributed by atoms with Gasteiger partial charge in [0.1, 0.15) is 18.3 Å². The van der Waals surface area contributed by atoms with E-state index in [-0.39, 0.29) is 26.4 Å². The number of nitrogens with zero attached hydrogens (tertiary/aromatic N) is 5. The molecule has 0 saturated carbocycles. The Kier molecular flexibility index (Phi) is 8.32. The highest BCUT2D eigenvalue weighted by Gasteiger charge is 2.07. The highest BCUT2D eigenvalue weighted by atomic mass is 15.2. The Hall–Kier alpha value is -2.67. The van der Waals surface area contributed by atoms with E-state index in [1.54, 1.807) is 23.1 Å². The molecule has 84 valence electrons. The first kappa shape index (κ1) is 14.3. The highest BCUT2D eigenvalue weighted by Crippen LogP contribution is 1.73. The molecule has 0 aromatic heterocycles. The van der Waals surface area contributed by atoms with E-state index in [4.69, 9.17) is 23.7 Å². The number of nitrogens with one attached hydrogen (secondary N) is 1. The Labute approximate surface area is 101 Å². The van der Waals surface area contributed by atoms with Crippen LogP contribution in [0, 0.1) is 35.8 Å². The molecule has 0 fully saturated rings. The van der Waals surface area contributed by atoms with Gasteiger partial charge in [0.25, 0.3) is 0 Å². The minimum atomic E-state index is 0.138. The van der Waals surface area contributed by atoms with Crippen molar-refractivity contribution in [3.8, 4) is 12.1 Å². The van der Waals surface area contributed by atoms with Gasteiger partial charge in [0.2, 0.25) is 13.1 Å². The largest absolute Gasteiger partial charge is 0.347 e. The molecule has 0 saturated heterocycles. The molecule has 0 aliphatic heterocycles. The highest BCUT2D eigenvalue weighted by molar-refractivity contribution is 5.65. The van der Waals surface area contributed by atoms with E-state index < -0.39 is 0 Å². The molecule has 6 nitrogen and oxygen atoms in total. The van der Waals surface area contributed by atoms with Crippen molar-refractivity contribution in [1.82, 2.24) is 0 Å². The molecule has 1 N–H and O–H groups in total. The van der Waals surface area contributed by atoms with E-state index in [9.17, 15) is 0 Å². The Morgan fingerprint density at radius 3 is 2.06 bits per heavy atom. The van der Waals surface area contributed by atoms with Crippen LogP contribution in [0.3, 0.4) is 0 Å². The number of quaternary nitrogens is 1. The summed E-state index contributed by atoms with van der Waals surface area (Å²) in [6, 6.07) is 3.89. The van der Waals surface area contributed by atoms with E-state index in [1.165, 1.54) is 0 Å². The van der Waals surface area contributed by atoms with Gasteiger partial charge in [-0.2, -0.15) is 15.4 Å². The van der Waals surface area contributed by atoms with Crippen molar-refractivity contribution in [1.29, 1.82) is 10.5 Å². The van der Waals surface area contributed by atoms with Crippen LogP contribution in [-0.2, 0) is 0 Å². The minimum Gasteiger partial charge on any atom is -0.260 e. The van der Waals surface area contributed by atoms with E-state index in [2.05, 4.69) is 9.69 Å². The first-order valence-electron chi connectivity index (χ1n) is 4.79. The molecule has 0 aliphatic rings. The second kappa shape index (κ2) is 9.87. The molecule has 0 aromatic carbocycles. The molecule has 0 heterocycles. The van der Waals surface area contributed by atoms with Crippen LogP contribution in [0.25, 0.3) is 9.69 Å². The third-order valence-electron chi connectivity index (χ3n) is 1.74. The summed E-state index contributed by atoms with van der Waals surface area (Å²) in [5.74, 6) is 0. The zero-order valence-corrected chi connectivity index (χ0v) is 9.30. The quantitative estimate of drug-likeness (QED) is 0.282. The van der Waals surface area contributed by atoms with Crippen molar-refractivity contribution in [2.45, 2.75) is 0 Å². The van der Waals surface area contributed by atoms with Crippen molar-refractivity contribution in [2.75, 3.05) is 26.4 Å². The Bertz CT molecular complexity index is 414. The molecule has 0 atom stereocenters. The van der Waals surface area contributed by atoms with E-state index >= 15 is 0 Å². The summed E-state index contributed by atoms with van der Waals surface area (Å²) in [5, 5.41) is 17.0. The van der Waals surface area contributed by atoms with Gasteiger partial charge in [-0.15, -0.1) is 0 Å². The van der Waals surface area contributed by atoms with Crippen molar-refractivity contribution in [2.24, 2.45) is 0 Å². The molecule has 17 heavy (non-hydrogen) atoms. The fourth-order valence-corrected chi connectivity index (χ4v) is 1.00. The molecule has 0 spiro atoms. The number of hydrogen-bond donors (Lipinski definition) is 1.